The smallest absolute Gasteiger partial charge is 0.0470 e. The summed E-state index contributed by atoms with van der Waals surface area (Å²) in [6.07, 6.45) is 0. The summed E-state index contributed by atoms with van der Waals surface area (Å²) in [4.78, 5) is 0. The molecule has 0 unspecified atom stereocenters. The van der Waals surface area contributed by atoms with E-state index in [1.54, 1.807) is 0 Å². The zero-order valence-corrected chi connectivity index (χ0v) is 13.7. The van der Waals surface area contributed by atoms with E-state index in [-0.39, 0.29) is 0 Å². The van der Waals surface area contributed by atoms with Crippen LogP contribution in [0.15, 0.2) is 97.1 Å². The van der Waals surface area contributed by atoms with Crippen LogP contribution in [0, 0.1) is 0 Å². The molecule has 0 saturated heterocycles. The number of anilines is 2. The zero-order valence-electron chi connectivity index (χ0n) is 13.7. The lowest BCUT2D eigenvalue weighted by molar-refractivity contribution is 1.58. The minimum atomic E-state index is 1.10. The van der Waals surface area contributed by atoms with Crippen LogP contribution in [0.5, 0.6) is 0 Å². The lowest BCUT2D eigenvalue weighted by Gasteiger charge is -2.15. The van der Waals surface area contributed by atoms with Gasteiger partial charge in [0.15, 0.2) is 0 Å². The Bertz CT molecular complexity index is 1160. The Labute approximate surface area is 146 Å². The first-order valence-corrected chi connectivity index (χ1v) is 8.56. The van der Waals surface area contributed by atoms with E-state index in [0.717, 1.165) is 11.4 Å². The van der Waals surface area contributed by atoms with Gasteiger partial charge < -0.3 is 5.32 Å². The number of para-hydroxylation sites is 1. The van der Waals surface area contributed by atoms with E-state index in [1.165, 1.54) is 32.3 Å². The van der Waals surface area contributed by atoms with Gasteiger partial charge in [0.2, 0.25) is 0 Å². The molecule has 118 valence electrons. The number of benzene rings is 5. The van der Waals surface area contributed by atoms with Gasteiger partial charge >= 0.3 is 0 Å². The zero-order chi connectivity index (χ0) is 16.6. The van der Waals surface area contributed by atoms with Crippen molar-refractivity contribution in [2.24, 2.45) is 0 Å². The number of hydrogen-bond acceptors (Lipinski definition) is 1. The van der Waals surface area contributed by atoms with Crippen LogP contribution in [0.25, 0.3) is 32.3 Å². The molecule has 0 saturated carbocycles. The third-order valence-electron chi connectivity index (χ3n) is 4.82. The molecule has 1 heteroatoms. The summed E-state index contributed by atoms with van der Waals surface area (Å²) in [6.45, 7) is 0. The number of fused-ring (bicyclic) bond motifs is 6. The van der Waals surface area contributed by atoms with Gasteiger partial charge in [-0.15, -0.1) is 0 Å². The molecular formula is C24H17N. The van der Waals surface area contributed by atoms with Gasteiger partial charge in [0.05, 0.1) is 0 Å². The van der Waals surface area contributed by atoms with Gasteiger partial charge in [-0.05, 0) is 45.1 Å². The topological polar surface area (TPSA) is 12.0 Å². The fourth-order valence-electron chi connectivity index (χ4n) is 3.74. The highest BCUT2D eigenvalue weighted by molar-refractivity contribution is 6.28. The van der Waals surface area contributed by atoms with Crippen molar-refractivity contribution >= 4 is 43.7 Å². The molecule has 0 aliphatic rings. The molecule has 0 spiro atoms. The van der Waals surface area contributed by atoms with Crippen LogP contribution < -0.4 is 5.32 Å². The summed E-state index contributed by atoms with van der Waals surface area (Å²) >= 11 is 0. The summed E-state index contributed by atoms with van der Waals surface area (Å²) in [5.41, 5.74) is 2.25. The fourth-order valence-corrected chi connectivity index (χ4v) is 3.74. The second-order valence-electron chi connectivity index (χ2n) is 6.31. The summed E-state index contributed by atoms with van der Waals surface area (Å²) in [6, 6.07) is 34.2. The van der Waals surface area contributed by atoms with Crippen molar-refractivity contribution in [3.63, 3.8) is 0 Å². The molecule has 0 aliphatic heterocycles. The van der Waals surface area contributed by atoms with Crippen molar-refractivity contribution in [1.82, 2.24) is 0 Å². The van der Waals surface area contributed by atoms with Crippen LogP contribution in [-0.2, 0) is 0 Å². The second kappa shape index (κ2) is 5.64. The maximum absolute atomic E-state index is 3.60. The molecule has 0 atom stereocenters. The van der Waals surface area contributed by atoms with Gasteiger partial charge in [-0.1, -0.05) is 78.9 Å². The maximum atomic E-state index is 3.60. The van der Waals surface area contributed by atoms with Gasteiger partial charge in [-0.2, -0.15) is 0 Å². The summed E-state index contributed by atoms with van der Waals surface area (Å²) in [5, 5.41) is 11.4. The van der Waals surface area contributed by atoms with E-state index in [2.05, 4.69) is 96.3 Å². The fraction of sp³-hybridized carbons (Fsp3) is 0. The van der Waals surface area contributed by atoms with E-state index in [1.807, 2.05) is 6.07 Å². The third-order valence-corrected chi connectivity index (χ3v) is 4.82. The molecule has 5 aromatic rings. The van der Waals surface area contributed by atoms with Crippen LogP contribution >= 0.6 is 0 Å². The largest absolute Gasteiger partial charge is 0.355 e. The highest BCUT2D eigenvalue weighted by Gasteiger charge is 2.11. The highest BCUT2D eigenvalue weighted by Crippen LogP contribution is 2.39. The highest BCUT2D eigenvalue weighted by atomic mass is 14.9. The van der Waals surface area contributed by atoms with Crippen molar-refractivity contribution in [3.05, 3.63) is 97.1 Å². The minimum Gasteiger partial charge on any atom is -0.355 e. The molecule has 1 N–H and O–H groups in total. The van der Waals surface area contributed by atoms with Crippen LogP contribution in [0.3, 0.4) is 0 Å². The normalized spacial score (nSPS) is 11.2. The Morgan fingerprint density at radius 1 is 0.400 bits per heavy atom. The molecule has 0 fully saturated rings. The number of hydrogen-bond donors (Lipinski definition) is 1. The molecule has 0 amide bonds. The van der Waals surface area contributed by atoms with E-state index >= 15 is 0 Å². The van der Waals surface area contributed by atoms with E-state index in [9.17, 15) is 0 Å². The van der Waals surface area contributed by atoms with Gasteiger partial charge in [0.25, 0.3) is 0 Å². The Hall–Kier alpha value is -3.32. The lowest BCUT2D eigenvalue weighted by Crippen LogP contribution is -1.92. The van der Waals surface area contributed by atoms with Gasteiger partial charge in [-0.25, -0.2) is 0 Å². The second-order valence-corrected chi connectivity index (χ2v) is 6.31. The molecule has 0 bridgehead atoms. The van der Waals surface area contributed by atoms with Crippen molar-refractivity contribution in [1.29, 1.82) is 0 Å². The molecule has 0 radical (unpaired) electrons. The Kier molecular flexibility index (Phi) is 3.17. The molecular weight excluding hydrogens is 302 g/mol. The average Bonchev–Trinajstić information content (AvgIpc) is 2.69. The third kappa shape index (κ3) is 2.25. The molecule has 25 heavy (non-hydrogen) atoms. The standard InChI is InChI=1S/C24H17N/c1-2-9-17(10-3-1)25-23-16-8-15-22-20-12-5-4-11-18(20)19-13-6-7-14-21(19)24(22)23/h1-16,25H. The van der Waals surface area contributed by atoms with Crippen LogP contribution in [-0.4, -0.2) is 0 Å². The molecule has 5 rings (SSSR count). The summed E-state index contributed by atoms with van der Waals surface area (Å²) in [7, 11) is 0. The summed E-state index contributed by atoms with van der Waals surface area (Å²) in [5.74, 6) is 0. The molecule has 0 heterocycles. The Morgan fingerprint density at radius 2 is 0.880 bits per heavy atom. The first-order chi connectivity index (χ1) is 12.4. The first-order valence-electron chi connectivity index (χ1n) is 8.56. The van der Waals surface area contributed by atoms with Crippen molar-refractivity contribution < 1.29 is 0 Å². The average molecular weight is 319 g/mol. The molecule has 0 aliphatic carbocycles. The molecule has 1 nitrogen and oxygen atoms in total. The Morgan fingerprint density at radius 3 is 1.52 bits per heavy atom. The van der Waals surface area contributed by atoms with Crippen LogP contribution in [0.1, 0.15) is 0 Å². The molecule has 0 aromatic heterocycles. The predicted octanol–water partition coefficient (Wildman–Crippen LogP) is 6.89. The number of nitrogens with one attached hydrogen (secondary N) is 1. The van der Waals surface area contributed by atoms with Gasteiger partial charge in [0.1, 0.15) is 0 Å². The monoisotopic (exact) mass is 319 g/mol. The van der Waals surface area contributed by atoms with Crippen LogP contribution in [0.4, 0.5) is 11.4 Å². The Balaban J connectivity index is 1.92. The SMILES string of the molecule is c1ccc(Nc2cccc3c4ccccc4c4ccccc4c23)cc1. The van der Waals surface area contributed by atoms with Gasteiger partial charge in [0, 0.05) is 16.8 Å². The number of rotatable bonds is 2. The quantitative estimate of drug-likeness (QED) is 0.349. The van der Waals surface area contributed by atoms with Crippen molar-refractivity contribution in [2.45, 2.75) is 0 Å². The molecule has 5 aromatic carbocycles. The van der Waals surface area contributed by atoms with E-state index in [0.29, 0.717) is 0 Å². The predicted molar refractivity (Wildman–Crippen MR) is 109 cm³/mol. The minimum absolute atomic E-state index is 1.10. The van der Waals surface area contributed by atoms with Crippen molar-refractivity contribution in [2.75, 3.05) is 5.32 Å². The first kappa shape index (κ1) is 14.1. The summed E-state index contributed by atoms with van der Waals surface area (Å²) < 4.78 is 0. The van der Waals surface area contributed by atoms with E-state index < -0.39 is 0 Å². The van der Waals surface area contributed by atoms with Crippen molar-refractivity contribution in [3.8, 4) is 0 Å². The lowest BCUT2D eigenvalue weighted by atomic mass is 9.93. The van der Waals surface area contributed by atoms with Gasteiger partial charge in [-0.3, -0.25) is 0 Å². The van der Waals surface area contributed by atoms with E-state index in [4.69, 9.17) is 0 Å². The maximum Gasteiger partial charge on any atom is 0.0470 e. The van der Waals surface area contributed by atoms with Crippen LogP contribution in [0.2, 0.25) is 0 Å².